The summed E-state index contributed by atoms with van der Waals surface area (Å²) >= 11 is 0. The van der Waals surface area contributed by atoms with Crippen LogP contribution in [0.5, 0.6) is 5.75 Å². The molecule has 0 aliphatic heterocycles. The van der Waals surface area contributed by atoms with Crippen LogP contribution in [0.4, 0.5) is 0 Å². The Hall–Kier alpha value is -3.61. The molecule has 32 heavy (non-hydrogen) atoms. The fraction of sp³-hybridized carbons (Fsp3) is 0.320. The van der Waals surface area contributed by atoms with Crippen molar-refractivity contribution in [2.24, 2.45) is 11.1 Å². The van der Waals surface area contributed by atoms with E-state index in [-0.39, 0.29) is 5.97 Å². The summed E-state index contributed by atoms with van der Waals surface area (Å²) < 4.78 is 16.6. The molecule has 1 heterocycles. The highest BCUT2D eigenvalue weighted by atomic mass is 16.6. The summed E-state index contributed by atoms with van der Waals surface area (Å²) in [6, 6.07) is 17.5. The molecule has 3 rings (SSSR count). The van der Waals surface area contributed by atoms with Crippen molar-refractivity contribution in [2.75, 3.05) is 20.8 Å². The van der Waals surface area contributed by atoms with Crippen LogP contribution in [0.2, 0.25) is 0 Å². The molecule has 168 valence electrons. The number of rotatable bonds is 10. The molecule has 0 bridgehead atoms. The van der Waals surface area contributed by atoms with E-state index in [1.54, 1.807) is 6.92 Å². The molecule has 0 amide bonds. The molecule has 0 aliphatic rings. The van der Waals surface area contributed by atoms with Crippen LogP contribution >= 0.6 is 0 Å². The normalized spacial score (nSPS) is 12.3. The topological polar surface area (TPSA) is 83.2 Å². The number of methoxy groups -OCH3 is 1. The Morgan fingerprint density at radius 2 is 1.81 bits per heavy atom. The number of aromatic nitrogens is 1. The summed E-state index contributed by atoms with van der Waals surface area (Å²) in [6.07, 6.45) is 1.10. The molecular weight excluding hydrogens is 408 g/mol. The molecule has 0 radical (unpaired) electrons. The minimum absolute atomic E-state index is 0.346. The smallest absolute Gasteiger partial charge is 0.314 e. The van der Waals surface area contributed by atoms with Crippen LogP contribution in [0.1, 0.15) is 23.9 Å². The van der Waals surface area contributed by atoms with Crippen LogP contribution in [0.15, 0.2) is 64.2 Å². The van der Waals surface area contributed by atoms with E-state index >= 15 is 0 Å². The van der Waals surface area contributed by atoms with Gasteiger partial charge in [-0.15, -0.1) is 0 Å². The van der Waals surface area contributed by atoms with Crippen molar-refractivity contribution in [3.05, 3.63) is 71.6 Å². The summed E-state index contributed by atoms with van der Waals surface area (Å²) in [5.41, 5.74) is 3.37. The predicted octanol–water partition coefficient (Wildman–Crippen LogP) is 4.63. The van der Waals surface area contributed by atoms with Crippen LogP contribution in [-0.2, 0) is 27.2 Å². The average molecular weight is 437 g/mol. The number of oxime groups is 1. The maximum absolute atomic E-state index is 12.1. The fourth-order valence-corrected chi connectivity index (χ4v) is 3.34. The molecular formula is C25H28N2O5. The molecule has 1 aromatic heterocycles. The van der Waals surface area contributed by atoms with E-state index in [4.69, 9.17) is 18.7 Å². The van der Waals surface area contributed by atoms with Gasteiger partial charge in [0.1, 0.15) is 24.5 Å². The van der Waals surface area contributed by atoms with E-state index in [2.05, 4.69) is 10.1 Å². The van der Waals surface area contributed by atoms with Gasteiger partial charge in [-0.3, -0.25) is 4.79 Å². The van der Waals surface area contributed by atoms with Crippen molar-refractivity contribution in [3.8, 4) is 17.2 Å². The Labute approximate surface area is 188 Å². The number of hydrogen-bond donors (Lipinski definition) is 0. The average Bonchev–Trinajstić information content (AvgIpc) is 3.19. The minimum Gasteiger partial charge on any atom is -0.493 e. The molecule has 0 spiro atoms. The standard InChI is InChI=1S/C25H28N2O5/c1-17(27-30-4)22(25(28)29-3)16-19-10-12-21(13-11-19)31-15-14-23-18(2)32-24(26-23)20-8-6-5-7-9-20/h5-13,22H,14-16H2,1-4H3/b27-17+. The quantitative estimate of drug-likeness (QED) is 0.262. The highest BCUT2D eigenvalue weighted by Gasteiger charge is 2.23. The minimum atomic E-state index is -0.499. The molecule has 0 saturated heterocycles. The van der Waals surface area contributed by atoms with Gasteiger partial charge in [0.25, 0.3) is 0 Å². The van der Waals surface area contributed by atoms with Gasteiger partial charge in [-0.1, -0.05) is 35.5 Å². The second-order valence-electron chi connectivity index (χ2n) is 7.33. The largest absolute Gasteiger partial charge is 0.493 e. The first kappa shape index (κ1) is 23.1. The zero-order valence-corrected chi connectivity index (χ0v) is 18.8. The maximum atomic E-state index is 12.1. The number of ether oxygens (including phenoxy) is 2. The van der Waals surface area contributed by atoms with Crippen LogP contribution in [-0.4, -0.2) is 37.5 Å². The number of esters is 1. The number of carbonyl (C=O) groups is 1. The van der Waals surface area contributed by atoms with E-state index in [0.29, 0.717) is 31.1 Å². The van der Waals surface area contributed by atoms with Crippen molar-refractivity contribution in [1.29, 1.82) is 0 Å². The van der Waals surface area contributed by atoms with Gasteiger partial charge in [-0.25, -0.2) is 4.98 Å². The molecule has 7 nitrogen and oxygen atoms in total. The third kappa shape index (κ3) is 5.97. The Kier molecular flexibility index (Phi) is 8.02. The first-order valence-electron chi connectivity index (χ1n) is 10.4. The van der Waals surface area contributed by atoms with Gasteiger partial charge in [-0.2, -0.15) is 0 Å². The predicted molar refractivity (Wildman–Crippen MR) is 122 cm³/mol. The van der Waals surface area contributed by atoms with Crippen LogP contribution in [0.25, 0.3) is 11.5 Å². The number of carbonyl (C=O) groups excluding carboxylic acids is 1. The lowest BCUT2D eigenvalue weighted by atomic mass is 9.95. The lowest BCUT2D eigenvalue weighted by Crippen LogP contribution is -2.26. The van der Waals surface area contributed by atoms with Gasteiger partial charge in [0.05, 0.1) is 25.1 Å². The molecule has 2 aromatic carbocycles. The molecule has 0 N–H and O–H groups in total. The SMILES string of the molecule is CO/N=C(\C)C(Cc1ccc(OCCc2nc(-c3ccccc3)oc2C)cc1)C(=O)OC. The van der Waals surface area contributed by atoms with Gasteiger partial charge < -0.3 is 18.7 Å². The maximum Gasteiger partial charge on any atom is 0.314 e. The van der Waals surface area contributed by atoms with Gasteiger partial charge in [-0.05, 0) is 50.1 Å². The van der Waals surface area contributed by atoms with E-state index < -0.39 is 5.92 Å². The van der Waals surface area contributed by atoms with E-state index in [0.717, 1.165) is 28.3 Å². The molecule has 0 fully saturated rings. The van der Waals surface area contributed by atoms with Crippen LogP contribution in [0, 0.1) is 12.8 Å². The Bertz CT molecular complexity index is 1040. The fourth-order valence-electron chi connectivity index (χ4n) is 3.34. The number of hydrogen-bond acceptors (Lipinski definition) is 7. The van der Waals surface area contributed by atoms with Gasteiger partial charge in [0.15, 0.2) is 0 Å². The van der Waals surface area contributed by atoms with Crippen molar-refractivity contribution < 1.29 is 23.5 Å². The highest BCUT2D eigenvalue weighted by molar-refractivity contribution is 6.00. The van der Waals surface area contributed by atoms with E-state index in [9.17, 15) is 4.79 Å². The van der Waals surface area contributed by atoms with E-state index in [1.165, 1.54) is 14.2 Å². The number of aryl methyl sites for hydroxylation is 1. The molecule has 0 aliphatic carbocycles. The van der Waals surface area contributed by atoms with Crippen LogP contribution < -0.4 is 4.74 Å². The van der Waals surface area contributed by atoms with Gasteiger partial charge in [0.2, 0.25) is 5.89 Å². The Morgan fingerprint density at radius 3 is 2.47 bits per heavy atom. The van der Waals surface area contributed by atoms with Crippen molar-refractivity contribution in [3.63, 3.8) is 0 Å². The third-order valence-electron chi connectivity index (χ3n) is 5.11. The Morgan fingerprint density at radius 1 is 1.09 bits per heavy atom. The molecule has 3 aromatic rings. The molecule has 0 saturated carbocycles. The summed E-state index contributed by atoms with van der Waals surface area (Å²) in [7, 11) is 2.82. The Balaban J connectivity index is 1.57. The van der Waals surface area contributed by atoms with Gasteiger partial charge >= 0.3 is 5.97 Å². The number of nitrogens with zero attached hydrogens (tertiary/aromatic N) is 2. The monoisotopic (exact) mass is 436 g/mol. The second-order valence-corrected chi connectivity index (χ2v) is 7.33. The summed E-state index contributed by atoms with van der Waals surface area (Å²) in [5, 5.41) is 3.88. The third-order valence-corrected chi connectivity index (χ3v) is 5.11. The van der Waals surface area contributed by atoms with E-state index in [1.807, 2.05) is 61.5 Å². The molecule has 1 unspecified atom stereocenters. The van der Waals surface area contributed by atoms with Crippen molar-refractivity contribution >= 4 is 11.7 Å². The van der Waals surface area contributed by atoms with Crippen molar-refractivity contribution in [1.82, 2.24) is 4.98 Å². The summed E-state index contributed by atoms with van der Waals surface area (Å²) in [6.45, 7) is 4.14. The summed E-state index contributed by atoms with van der Waals surface area (Å²) in [4.78, 5) is 21.5. The lowest BCUT2D eigenvalue weighted by molar-refractivity contribution is -0.143. The lowest BCUT2D eigenvalue weighted by Gasteiger charge is -2.14. The zero-order chi connectivity index (χ0) is 22.9. The zero-order valence-electron chi connectivity index (χ0n) is 18.8. The highest BCUT2D eigenvalue weighted by Crippen LogP contribution is 2.22. The number of benzene rings is 2. The van der Waals surface area contributed by atoms with Crippen molar-refractivity contribution in [2.45, 2.75) is 26.7 Å². The first-order valence-corrected chi connectivity index (χ1v) is 10.4. The summed E-state index contributed by atoms with van der Waals surface area (Å²) in [5.74, 6) is 1.32. The number of oxazole rings is 1. The molecule has 7 heteroatoms. The second kappa shape index (κ2) is 11.1. The first-order chi connectivity index (χ1) is 15.5. The van der Waals surface area contributed by atoms with Crippen LogP contribution in [0.3, 0.4) is 0 Å². The molecule has 1 atom stereocenters. The van der Waals surface area contributed by atoms with Gasteiger partial charge in [0, 0.05) is 12.0 Å².